The van der Waals surface area contributed by atoms with Gasteiger partial charge in [0.15, 0.2) is 0 Å². The van der Waals surface area contributed by atoms with Gasteiger partial charge in [-0.25, -0.2) is 0 Å². The van der Waals surface area contributed by atoms with Crippen LogP contribution in [0.4, 0.5) is 0 Å². The van der Waals surface area contributed by atoms with E-state index in [1.54, 1.807) is 29.2 Å². The second-order valence-electron chi connectivity index (χ2n) is 6.09. The predicted molar refractivity (Wildman–Crippen MR) is 91.3 cm³/mol. The second-order valence-corrected chi connectivity index (χ2v) is 6.09. The highest BCUT2D eigenvalue weighted by atomic mass is 16.5. The summed E-state index contributed by atoms with van der Waals surface area (Å²) in [5.41, 5.74) is 0.505. The molecule has 0 spiro atoms. The Morgan fingerprint density at radius 2 is 1.96 bits per heavy atom. The number of amides is 2. The van der Waals surface area contributed by atoms with Gasteiger partial charge in [-0.1, -0.05) is 6.07 Å². The third-order valence-corrected chi connectivity index (χ3v) is 4.11. The van der Waals surface area contributed by atoms with Gasteiger partial charge >= 0.3 is 5.97 Å². The van der Waals surface area contributed by atoms with Gasteiger partial charge in [-0.2, -0.15) is 0 Å². The summed E-state index contributed by atoms with van der Waals surface area (Å²) in [5.74, 6) is 0.117. The minimum atomic E-state index is -0.416. The van der Waals surface area contributed by atoms with Crippen molar-refractivity contribution in [3.63, 3.8) is 0 Å². The fraction of sp³-hybridized carbons (Fsp3) is 0.500. The zero-order chi connectivity index (χ0) is 18.2. The first-order valence-corrected chi connectivity index (χ1v) is 8.33. The van der Waals surface area contributed by atoms with E-state index in [1.807, 2.05) is 0 Å². The van der Waals surface area contributed by atoms with Gasteiger partial charge < -0.3 is 19.7 Å². The Morgan fingerprint density at radius 3 is 2.60 bits per heavy atom. The Morgan fingerprint density at radius 1 is 1.24 bits per heavy atom. The van der Waals surface area contributed by atoms with Crippen molar-refractivity contribution in [1.29, 1.82) is 0 Å². The quantitative estimate of drug-likeness (QED) is 0.617. The van der Waals surface area contributed by atoms with Crippen LogP contribution in [0, 0.1) is 5.92 Å². The molecule has 0 saturated carbocycles. The molecular formula is C18H24N2O5. The lowest BCUT2D eigenvalue weighted by atomic mass is 9.96. The van der Waals surface area contributed by atoms with Gasteiger partial charge in [0.05, 0.1) is 0 Å². The highest BCUT2D eigenvalue weighted by Gasteiger charge is 2.24. The number of carbonyl (C=O) groups is 3. The van der Waals surface area contributed by atoms with Gasteiger partial charge in [0.1, 0.15) is 12.4 Å². The van der Waals surface area contributed by atoms with Crippen LogP contribution >= 0.6 is 0 Å². The van der Waals surface area contributed by atoms with E-state index in [4.69, 9.17) is 9.47 Å². The lowest BCUT2D eigenvalue weighted by Crippen LogP contribution is -2.42. The van der Waals surface area contributed by atoms with E-state index in [0.29, 0.717) is 36.9 Å². The molecule has 1 aliphatic rings. The third-order valence-electron chi connectivity index (χ3n) is 4.11. The number of nitrogens with one attached hydrogen (secondary N) is 1. The summed E-state index contributed by atoms with van der Waals surface area (Å²) in [6.45, 7) is 3.27. The number of hydrogen-bond acceptors (Lipinski definition) is 5. The SMILES string of the molecule is COCC(=O)NCC1CCN(C(=O)c2cccc(OC(C)=O)c2)CC1. The number of esters is 1. The van der Waals surface area contributed by atoms with Gasteiger partial charge in [-0.05, 0) is 37.0 Å². The van der Waals surface area contributed by atoms with E-state index in [0.717, 1.165) is 12.8 Å². The largest absolute Gasteiger partial charge is 0.427 e. The number of methoxy groups -OCH3 is 1. The molecule has 0 aliphatic carbocycles. The Balaban J connectivity index is 1.85. The molecule has 2 amide bonds. The molecule has 1 aliphatic heterocycles. The van der Waals surface area contributed by atoms with Crippen molar-refractivity contribution >= 4 is 17.8 Å². The molecule has 7 nitrogen and oxygen atoms in total. The molecule has 1 heterocycles. The van der Waals surface area contributed by atoms with Gasteiger partial charge in [0, 0.05) is 39.2 Å². The molecule has 25 heavy (non-hydrogen) atoms. The standard InChI is InChI=1S/C18H24N2O5/c1-13(21)25-16-5-3-4-15(10-16)18(23)20-8-6-14(7-9-20)11-19-17(22)12-24-2/h3-5,10,14H,6-9,11-12H2,1-2H3,(H,19,22). The minimum Gasteiger partial charge on any atom is -0.427 e. The van der Waals surface area contributed by atoms with Crippen LogP contribution in [0.3, 0.4) is 0 Å². The molecule has 0 aromatic heterocycles. The minimum absolute atomic E-state index is 0.0655. The molecule has 0 radical (unpaired) electrons. The first-order chi connectivity index (χ1) is 12.0. The lowest BCUT2D eigenvalue weighted by molar-refractivity contribution is -0.132. The summed E-state index contributed by atoms with van der Waals surface area (Å²) in [7, 11) is 1.49. The van der Waals surface area contributed by atoms with Crippen molar-refractivity contribution in [2.45, 2.75) is 19.8 Å². The maximum atomic E-state index is 12.6. The zero-order valence-electron chi connectivity index (χ0n) is 14.6. The number of rotatable bonds is 6. The Hall–Kier alpha value is -2.41. The predicted octanol–water partition coefficient (Wildman–Crippen LogP) is 1.23. The molecule has 7 heteroatoms. The zero-order valence-corrected chi connectivity index (χ0v) is 14.6. The van der Waals surface area contributed by atoms with Crippen LogP contribution in [0.2, 0.25) is 0 Å². The highest BCUT2D eigenvalue weighted by Crippen LogP contribution is 2.20. The average molecular weight is 348 g/mol. The molecular weight excluding hydrogens is 324 g/mol. The Bertz CT molecular complexity index is 624. The summed E-state index contributed by atoms with van der Waals surface area (Å²) in [4.78, 5) is 36.8. The van der Waals surface area contributed by atoms with Gasteiger partial charge in [0.25, 0.3) is 5.91 Å². The number of piperidine rings is 1. The van der Waals surface area contributed by atoms with Crippen molar-refractivity contribution in [1.82, 2.24) is 10.2 Å². The maximum Gasteiger partial charge on any atom is 0.308 e. The first kappa shape index (κ1) is 18.9. The molecule has 1 saturated heterocycles. The molecule has 1 fully saturated rings. The van der Waals surface area contributed by atoms with Crippen LogP contribution in [-0.2, 0) is 14.3 Å². The van der Waals surface area contributed by atoms with Crippen LogP contribution in [0.5, 0.6) is 5.75 Å². The lowest BCUT2D eigenvalue weighted by Gasteiger charge is -2.32. The number of hydrogen-bond donors (Lipinski definition) is 1. The molecule has 0 bridgehead atoms. The third kappa shape index (κ3) is 5.86. The van der Waals surface area contributed by atoms with E-state index < -0.39 is 5.97 Å². The van der Waals surface area contributed by atoms with Crippen molar-refractivity contribution in [2.24, 2.45) is 5.92 Å². The molecule has 1 aromatic carbocycles. The van der Waals surface area contributed by atoms with Crippen LogP contribution in [0.25, 0.3) is 0 Å². The molecule has 2 rings (SSSR count). The second kappa shape index (κ2) is 9.17. The van der Waals surface area contributed by atoms with Crippen molar-refractivity contribution in [3.05, 3.63) is 29.8 Å². The Kier molecular flexibility index (Phi) is 6.94. The van der Waals surface area contributed by atoms with Crippen molar-refractivity contribution in [3.8, 4) is 5.75 Å². The summed E-state index contributed by atoms with van der Waals surface area (Å²) in [5, 5.41) is 2.84. The summed E-state index contributed by atoms with van der Waals surface area (Å²) >= 11 is 0. The van der Waals surface area contributed by atoms with Crippen LogP contribution in [0.1, 0.15) is 30.1 Å². The fourth-order valence-electron chi connectivity index (χ4n) is 2.82. The highest BCUT2D eigenvalue weighted by molar-refractivity contribution is 5.94. The van der Waals surface area contributed by atoms with Crippen molar-refractivity contribution < 1.29 is 23.9 Å². The van der Waals surface area contributed by atoms with Crippen LogP contribution in [-0.4, -0.2) is 56.0 Å². The number of likely N-dealkylation sites (tertiary alicyclic amines) is 1. The number of ether oxygens (including phenoxy) is 2. The van der Waals surface area contributed by atoms with E-state index in [-0.39, 0.29) is 18.4 Å². The van der Waals surface area contributed by atoms with E-state index in [2.05, 4.69) is 5.32 Å². The van der Waals surface area contributed by atoms with Gasteiger partial charge in [0.2, 0.25) is 5.91 Å². The fourth-order valence-corrected chi connectivity index (χ4v) is 2.82. The van der Waals surface area contributed by atoms with E-state index >= 15 is 0 Å². The van der Waals surface area contributed by atoms with Gasteiger partial charge in [-0.15, -0.1) is 0 Å². The van der Waals surface area contributed by atoms with Gasteiger partial charge in [-0.3, -0.25) is 14.4 Å². The molecule has 0 atom stereocenters. The number of nitrogens with zero attached hydrogens (tertiary/aromatic N) is 1. The summed E-state index contributed by atoms with van der Waals surface area (Å²) < 4.78 is 9.80. The smallest absolute Gasteiger partial charge is 0.308 e. The van der Waals surface area contributed by atoms with E-state index in [1.165, 1.54) is 14.0 Å². The maximum absolute atomic E-state index is 12.6. The summed E-state index contributed by atoms with van der Waals surface area (Å²) in [6.07, 6.45) is 1.67. The van der Waals surface area contributed by atoms with Crippen LogP contribution in [0.15, 0.2) is 24.3 Å². The summed E-state index contributed by atoms with van der Waals surface area (Å²) in [6, 6.07) is 6.64. The average Bonchev–Trinajstić information content (AvgIpc) is 2.60. The molecule has 1 aromatic rings. The van der Waals surface area contributed by atoms with Crippen molar-refractivity contribution in [2.75, 3.05) is 33.4 Å². The Labute approximate surface area is 147 Å². The molecule has 1 N–H and O–H groups in total. The number of carbonyl (C=O) groups excluding carboxylic acids is 3. The normalized spacial score (nSPS) is 14.9. The van der Waals surface area contributed by atoms with E-state index in [9.17, 15) is 14.4 Å². The molecule has 0 unspecified atom stereocenters. The number of benzene rings is 1. The first-order valence-electron chi connectivity index (χ1n) is 8.33. The monoisotopic (exact) mass is 348 g/mol. The molecule has 136 valence electrons. The topological polar surface area (TPSA) is 84.9 Å². The van der Waals surface area contributed by atoms with Crippen LogP contribution < -0.4 is 10.1 Å².